The highest BCUT2D eigenvalue weighted by atomic mass is 16.4. The summed E-state index contributed by atoms with van der Waals surface area (Å²) < 4.78 is 0. The molecule has 1 unspecified atom stereocenters. The van der Waals surface area contributed by atoms with Crippen LogP contribution in [0.5, 0.6) is 0 Å². The van der Waals surface area contributed by atoms with Gasteiger partial charge in [-0.2, -0.15) is 0 Å². The van der Waals surface area contributed by atoms with E-state index >= 15 is 0 Å². The van der Waals surface area contributed by atoms with Gasteiger partial charge in [0.1, 0.15) is 0 Å². The van der Waals surface area contributed by atoms with Crippen LogP contribution >= 0.6 is 0 Å². The molecule has 0 fully saturated rings. The molecule has 1 amide bonds. The minimum atomic E-state index is -0.958. The zero-order chi connectivity index (χ0) is 17.3. The van der Waals surface area contributed by atoms with E-state index in [1.54, 1.807) is 0 Å². The van der Waals surface area contributed by atoms with Crippen molar-refractivity contribution >= 4 is 6.09 Å². The van der Waals surface area contributed by atoms with E-state index in [1.807, 2.05) is 0 Å². The molecule has 3 rings (SSSR count). The van der Waals surface area contributed by atoms with Crippen LogP contribution in [0.4, 0.5) is 4.79 Å². The number of fused-ring (bicyclic) bond motifs is 1. The van der Waals surface area contributed by atoms with Crippen LogP contribution in [0.2, 0.25) is 0 Å². The zero-order valence-electron chi connectivity index (χ0n) is 14.6. The fraction of sp³-hybridized carbons (Fsp3) is 0.381. The fourth-order valence-electron chi connectivity index (χ4n) is 3.67. The first-order valence-corrected chi connectivity index (χ1v) is 8.62. The van der Waals surface area contributed by atoms with Crippen molar-refractivity contribution in [2.24, 2.45) is 5.41 Å². The first-order chi connectivity index (χ1) is 11.4. The van der Waals surface area contributed by atoms with Gasteiger partial charge in [0, 0.05) is 0 Å². The minimum absolute atomic E-state index is 0.0744. The van der Waals surface area contributed by atoms with Crippen molar-refractivity contribution in [1.82, 2.24) is 5.32 Å². The molecule has 1 atom stereocenters. The average molecular weight is 323 g/mol. The molecule has 2 aromatic carbocycles. The molecular weight excluding hydrogens is 298 g/mol. The molecule has 0 saturated carbocycles. The van der Waals surface area contributed by atoms with Crippen LogP contribution in [0.1, 0.15) is 49.9 Å². The van der Waals surface area contributed by atoms with E-state index in [4.69, 9.17) is 0 Å². The van der Waals surface area contributed by atoms with E-state index in [9.17, 15) is 9.90 Å². The molecule has 2 aromatic rings. The van der Waals surface area contributed by atoms with Crippen LogP contribution in [-0.2, 0) is 12.8 Å². The maximum atomic E-state index is 11.2. The third-order valence-corrected chi connectivity index (χ3v) is 5.21. The van der Waals surface area contributed by atoms with Gasteiger partial charge in [-0.15, -0.1) is 0 Å². The van der Waals surface area contributed by atoms with Crippen LogP contribution in [0.15, 0.2) is 42.5 Å². The Morgan fingerprint density at radius 2 is 1.96 bits per heavy atom. The van der Waals surface area contributed by atoms with E-state index in [0.717, 1.165) is 24.8 Å². The van der Waals surface area contributed by atoms with E-state index in [-0.39, 0.29) is 11.5 Å². The summed E-state index contributed by atoms with van der Waals surface area (Å²) in [4.78, 5) is 11.2. The maximum absolute atomic E-state index is 11.2. The zero-order valence-corrected chi connectivity index (χ0v) is 14.6. The second kappa shape index (κ2) is 6.31. The van der Waals surface area contributed by atoms with Crippen LogP contribution in [-0.4, -0.2) is 11.2 Å². The second-order valence-corrected chi connectivity index (χ2v) is 7.34. The summed E-state index contributed by atoms with van der Waals surface area (Å²) in [6.07, 6.45) is 2.03. The van der Waals surface area contributed by atoms with Gasteiger partial charge in [0.2, 0.25) is 0 Å². The van der Waals surface area contributed by atoms with E-state index in [1.165, 1.54) is 22.3 Å². The molecule has 0 bridgehead atoms. The van der Waals surface area contributed by atoms with Gasteiger partial charge in [-0.1, -0.05) is 63.2 Å². The molecule has 3 heteroatoms. The third kappa shape index (κ3) is 3.16. The predicted octanol–water partition coefficient (Wildman–Crippen LogP) is 5.20. The SMILES string of the molecule is CCc1cccc(-c2ccc3c(c2)CCC(C)(C)C3NC(=O)O)c1. The third-order valence-electron chi connectivity index (χ3n) is 5.21. The molecule has 1 aliphatic rings. The van der Waals surface area contributed by atoms with Crippen molar-refractivity contribution in [1.29, 1.82) is 0 Å². The number of nitrogens with one attached hydrogen (secondary N) is 1. The Kier molecular flexibility index (Phi) is 4.35. The number of rotatable bonds is 3. The summed E-state index contributed by atoms with van der Waals surface area (Å²) >= 11 is 0. The van der Waals surface area contributed by atoms with Crippen LogP contribution in [0.25, 0.3) is 11.1 Å². The number of benzene rings is 2. The molecule has 0 saturated heterocycles. The molecule has 3 nitrogen and oxygen atoms in total. The lowest BCUT2D eigenvalue weighted by Crippen LogP contribution is -2.40. The van der Waals surface area contributed by atoms with Gasteiger partial charge in [0.25, 0.3) is 0 Å². The smallest absolute Gasteiger partial charge is 0.405 e. The topological polar surface area (TPSA) is 49.3 Å². The maximum Gasteiger partial charge on any atom is 0.405 e. The van der Waals surface area contributed by atoms with Crippen molar-refractivity contribution in [3.05, 3.63) is 59.2 Å². The molecule has 0 radical (unpaired) electrons. The first-order valence-electron chi connectivity index (χ1n) is 8.62. The Morgan fingerprint density at radius 3 is 2.67 bits per heavy atom. The van der Waals surface area contributed by atoms with Crippen molar-refractivity contribution in [2.75, 3.05) is 0 Å². The highest BCUT2D eigenvalue weighted by molar-refractivity contribution is 5.68. The Bertz CT molecular complexity index is 764. The molecule has 2 N–H and O–H groups in total. The molecule has 0 aromatic heterocycles. The number of aryl methyl sites for hydroxylation is 2. The van der Waals surface area contributed by atoms with E-state index in [2.05, 4.69) is 68.6 Å². The Labute approximate surface area is 143 Å². The highest BCUT2D eigenvalue weighted by Gasteiger charge is 2.36. The predicted molar refractivity (Wildman–Crippen MR) is 97.3 cm³/mol. The lowest BCUT2D eigenvalue weighted by molar-refractivity contribution is 0.161. The fourth-order valence-corrected chi connectivity index (χ4v) is 3.67. The monoisotopic (exact) mass is 323 g/mol. The van der Waals surface area contributed by atoms with Crippen LogP contribution in [0.3, 0.4) is 0 Å². The molecule has 0 spiro atoms. The quantitative estimate of drug-likeness (QED) is 0.816. The lowest BCUT2D eigenvalue weighted by Gasteiger charge is -2.40. The number of amides is 1. The van der Waals surface area contributed by atoms with Gasteiger partial charge in [-0.25, -0.2) is 4.79 Å². The van der Waals surface area contributed by atoms with Crippen molar-refractivity contribution in [3.8, 4) is 11.1 Å². The number of carboxylic acid groups (broad SMARTS) is 1. The summed E-state index contributed by atoms with van der Waals surface area (Å²) in [5.41, 5.74) is 6.06. The van der Waals surface area contributed by atoms with Crippen LogP contribution in [0, 0.1) is 5.41 Å². The molecule has 126 valence electrons. The largest absolute Gasteiger partial charge is 0.465 e. The lowest BCUT2D eigenvalue weighted by atomic mass is 9.70. The standard InChI is InChI=1S/C21H25NO2/c1-4-14-6-5-7-15(12-14)16-8-9-18-17(13-16)10-11-21(2,3)19(18)22-20(23)24/h5-9,12-13,19,22H,4,10-11H2,1-3H3,(H,23,24). The summed E-state index contributed by atoms with van der Waals surface area (Å²) in [6, 6.07) is 14.9. The highest BCUT2D eigenvalue weighted by Crippen LogP contribution is 2.44. The number of hydrogen-bond acceptors (Lipinski definition) is 1. The normalized spacial score (nSPS) is 18.7. The molecule has 0 aliphatic heterocycles. The summed E-state index contributed by atoms with van der Waals surface area (Å²) in [6.45, 7) is 6.43. The molecule has 24 heavy (non-hydrogen) atoms. The van der Waals surface area contributed by atoms with E-state index < -0.39 is 6.09 Å². The summed E-state index contributed by atoms with van der Waals surface area (Å²) in [5.74, 6) is 0. The summed E-state index contributed by atoms with van der Waals surface area (Å²) in [5, 5.41) is 11.9. The van der Waals surface area contributed by atoms with Gasteiger partial charge in [0.15, 0.2) is 0 Å². The Morgan fingerprint density at radius 1 is 1.21 bits per heavy atom. The van der Waals surface area contributed by atoms with Gasteiger partial charge in [-0.3, -0.25) is 0 Å². The molecule has 0 heterocycles. The van der Waals surface area contributed by atoms with Crippen molar-refractivity contribution in [3.63, 3.8) is 0 Å². The van der Waals surface area contributed by atoms with E-state index in [0.29, 0.717) is 0 Å². The van der Waals surface area contributed by atoms with Crippen molar-refractivity contribution in [2.45, 2.75) is 46.1 Å². The summed E-state index contributed by atoms with van der Waals surface area (Å²) in [7, 11) is 0. The van der Waals surface area contributed by atoms with Gasteiger partial charge >= 0.3 is 6.09 Å². The Hall–Kier alpha value is -2.29. The first kappa shape index (κ1) is 16.6. The second-order valence-electron chi connectivity index (χ2n) is 7.34. The number of carbonyl (C=O) groups is 1. The van der Waals surface area contributed by atoms with Gasteiger partial charge in [-0.05, 0) is 52.5 Å². The molecular formula is C21H25NO2. The van der Waals surface area contributed by atoms with Crippen LogP contribution < -0.4 is 5.32 Å². The number of hydrogen-bond donors (Lipinski definition) is 2. The van der Waals surface area contributed by atoms with Crippen molar-refractivity contribution < 1.29 is 9.90 Å². The molecule has 1 aliphatic carbocycles. The average Bonchev–Trinajstić information content (AvgIpc) is 2.57. The van der Waals surface area contributed by atoms with Gasteiger partial charge < -0.3 is 10.4 Å². The minimum Gasteiger partial charge on any atom is -0.465 e. The van der Waals surface area contributed by atoms with Gasteiger partial charge in [0.05, 0.1) is 6.04 Å². The Balaban J connectivity index is 2.00.